The molecule has 0 atom stereocenters. The molecule has 0 saturated heterocycles. The average molecular weight is 212 g/mol. The largest absolute Gasteiger partial charge is 0.494 e. The van der Waals surface area contributed by atoms with Gasteiger partial charge < -0.3 is 4.74 Å². The van der Waals surface area contributed by atoms with Gasteiger partial charge >= 0.3 is 0 Å². The maximum atomic E-state index is 13.4. The van der Waals surface area contributed by atoms with Crippen LogP contribution >= 0.6 is 0 Å². The van der Waals surface area contributed by atoms with Crippen molar-refractivity contribution < 1.29 is 13.9 Å². The number of carbonyl (C=O) groups is 1. The number of halogens is 1. The second kappa shape index (κ2) is 5.31. The van der Waals surface area contributed by atoms with E-state index < -0.39 is 11.7 Å². The van der Waals surface area contributed by atoms with Crippen molar-refractivity contribution >= 4 is 5.91 Å². The maximum Gasteiger partial charge on any atom is 0.238 e. The molecular weight excluding hydrogens is 199 g/mol. The molecule has 0 spiro atoms. The van der Waals surface area contributed by atoms with Crippen molar-refractivity contribution in [3.05, 3.63) is 29.6 Å². The molecule has 0 unspecified atom stereocenters. The quantitative estimate of drug-likeness (QED) is 0.440. The first-order chi connectivity index (χ1) is 7.17. The van der Waals surface area contributed by atoms with Crippen molar-refractivity contribution in [3.8, 4) is 5.75 Å². The lowest BCUT2D eigenvalue weighted by Gasteiger charge is -2.06. The lowest BCUT2D eigenvalue weighted by molar-refractivity contribution is -0.120. The lowest BCUT2D eigenvalue weighted by atomic mass is 10.1. The van der Waals surface area contributed by atoms with Gasteiger partial charge in [-0.05, 0) is 18.6 Å². The summed E-state index contributed by atoms with van der Waals surface area (Å²) in [7, 11) is 0. The molecular formula is C10H13FN2O2. The summed E-state index contributed by atoms with van der Waals surface area (Å²) in [6.45, 7) is 2.29. The van der Waals surface area contributed by atoms with Gasteiger partial charge in [0.1, 0.15) is 11.6 Å². The van der Waals surface area contributed by atoms with Crippen LogP contribution in [-0.4, -0.2) is 12.5 Å². The summed E-state index contributed by atoms with van der Waals surface area (Å²) >= 11 is 0. The Hall–Kier alpha value is -1.62. The Morgan fingerprint density at radius 2 is 2.33 bits per heavy atom. The van der Waals surface area contributed by atoms with Crippen LogP contribution in [0.2, 0.25) is 0 Å². The van der Waals surface area contributed by atoms with Crippen LogP contribution < -0.4 is 16.0 Å². The Labute approximate surface area is 87.2 Å². The fraction of sp³-hybridized carbons (Fsp3) is 0.300. The number of amides is 1. The van der Waals surface area contributed by atoms with Crippen molar-refractivity contribution in [2.24, 2.45) is 5.84 Å². The molecule has 1 rings (SSSR count). The second-order valence-electron chi connectivity index (χ2n) is 2.93. The number of nitrogens with one attached hydrogen (secondary N) is 1. The summed E-state index contributed by atoms with van der Waals surface area (Å²) in [4.78, 5) is 10.9. The molecule has 0 aliphatic heterocycles. The van der Waals surface area contributed by atoms with Crippen LogP contribution in [-0.2, 0) is 11.2 Å². The third kappa shape index (κ3) is 3.21. The number of hydrazine groups is 1. The summed E-state index contributed by atoms with van der Waals surface area (Å²) in [6, 6.07) is 4.38. The van der Waals surface area contributed by atoms with Crippen LogP contribution in [0.4, 0.5) is 4.39 Å². The van der Waals surface area contributed by atoms with E-state index in [0.29, 0.717) is 17.9 Å². The predicted molar refractivity (Wildman–Crippen MR) is 53.6 cm³/mol. The molecule has 0 aliphatic rings. The van der Waals surface area contributed by atoms with E-state index >= 15 is 0 Å². The molecule has 0 saturated carbocycles. The van der Waals surface area contributed by atoms with E-state index in [9.17, 15) is 9.18 Å². The van der Waals surface area contributed by atoms with Gasteiger partial charge in [0.25, 0.3) is 0 Å². The maximum absolute atomic E-state index is 13.4. The lowest BCUT2D eigenvalue weighted by Crippen LogP contribution is -2.31. The van der Waals surface area contributed by atoms with Crippen molar-refractivity contribution in [2.45, 2.75) is 13.3 Å². The molecule has 82 valence electrons. The Bertz CT molecular complexity index is 355. The normalized spacial score (nSPS) is 9.80. The summed E-state index contributed by atoms with van der Waals surface area (Å²) < 4.78 is 18.5. The van der Waals surface area contributed by atoms with Crippen molar-refractivity contribution in [1.82, 2.24) is 5.43 Å². The zero-order chi connectivity index (χ0) is 11.3. The number of carbonyl (C=O) groups excluding carboxylic acids is 1. The Morgan fingerprint density at radius 1 is 1.60 bits per heavy atom. The molecule has 1 aromatic carbocycles. The minimum atomic E-state index is -0.468. The summed E-state index contributed by atoms with van der Waals surface area (Å²) in [5.74, 6) is 4.45. The SMILES string of the molecule is CCOc1ccc(CC(=O)NN)c(F)c1. The Balaban J connectivity index is 2.78. The van der Waals surface area contributed by atoms with Gasteiger partial charge in [0.15, 0.2) is 0 Å². The molecule has 1 amide bonds. The predicted octanol–water partition coefficient (Wildman–Crippen LogP) is 0.757. The van der Waals surface area contributed by atoms with Gasteiger partial charge in [-0.15, -0.1) is 0 Å². The Kier molecular flexibility index (Phi) is 4.05. The molecule has 0 radical (unpaired) electrons. The van der Waals surface area contributed by atoms with E-state index in [-0.39, 0.29) is 6.42 Å². The highest BCUT2D eigenvalue weighted by atomic mass is 19.1. The first kappa shape index (κ1) is 11.5. The van der Waals surface area contributed by atoms with E-state index in [0.717, 1.165) is 0 Å². The summed E-state index contributed by atoms with van der Waals surface area (Å²) in [6.07, 6.45) is -0.0747. The van der Waals surface area contributed by atoms with E-state index in [1.165, 1.54) is 12.1 Å². The second-order valence-corrected chi connectivity index (χ2v) is 2.93. The highest BCUT2D eigenvalue weighted by Gasteiger charge is 2.08. The molecule has 0 fully saturated rings. The van der Waals surface area contributed by atoms with Crippen LogP contribution in [0.1, 0.15) is 12.5 Å². The van der Waals surface area contributed by atoms with Crippen LogP contribution in [0, 0.1) is 5.82 Å². The van der Waals surface area contributed by atoms with Gasteiger partial charge in [-0.1, -0.05) is 6.07 Å². The standard InChI is InChI=1S/C10H13FN2O2/c1-2-15-8-4-3-7(9(11)6-8)5-10(14)13-12/h3-4,6H,2,5,12H2,1H3,(H,13,14). The molecule has 0 aromatic heterocycles. The molecule has 1 aromatic rings. The summed E-state index contributed by atoms with van der Waals surface area (Å²) in [5, 5.41) is 0. The number of benzene rings is 1. The minimum Gasteiger partial charge on any atom is -0.494 e. The number of nitrogens with two attached hydrogens (primary N) is 1. The third-order valence-electron chi connectivity index (χ3n) is 1.85. The molecule has 3 N–H and O–H groups in total. The van der Waals surface area contributed by atoms with Crippen LogP contribution in [0.25, 0.3) is 0 Å². The highest BCUT2D eigenvalue weighted by molar-refractivity contribution is 5.77. The fourth-order valence-corrected chi connectivity index (χ4v) is 1.15. The van der Waals surface area contributed by atoms with Gasteiger partial charge in [-0.25, -0.2) is 10.2 Å². The number of hydrogen-bond donors (Lipinski definition) is 2. The Morgan fingerprint density at radius 3 is 2.87 bits per heavy atom. The molecule has 0 aliphatic carbocycles. The monoisotopic (exact) mass is 212 g/mol. The molecule has 4 nitrogen and oxygen atoms in total. The van der Waals surface area contributed by atoms with Crippen LogP contribution in [0.3, 0.4) is 0 Å². The zero-order valence-corrected chi connectivity index (χ0v) is 8.42. The van der Waals surface area contributed by atoms with Crippen molar-refractivity contribution in [2.75, 3.05) is 6.61 Å². The molecule has 0 heterocycles. The van der Waals surface area contributed by atoms with E-state index in [1.807, 2.05) is 12.3 Å². The number of rotatable bonds is 4. The third-order valence-corrected chi connectivity index (χ3v) is 1.85. The van der Waals surface area contributed by atoms with E-state index in [1.54, 1.807) is 6.07 Å². The van der Waals surface area contributed by atoms with Crippen molar-refractivity contribution in [3.63, 3.8) is 0 Å². The zero-order valence-electron chi connectivity index (χ0n) is 8.42. The van der Waals surface area contributed by atoms with Crippen LogP contribution in [0.15, 0.2) is 18.2 Å². The van der Waals surface area contributed by atoms with E-state index in [4.69, 9.17) is 10.6 Å². The first-order valence-corrected chi connectivity index (χ1v) is 4.58. The number of ether oxygens (including phenoxy) is 1. The first-order valence-electron chi connectivity index (χ1n) is 4.58. The molecule has 15 heavy (non-hydrogen) atoms. The molecule has 0 bridgehead atoms. The molecule has 5 heteroatoms. The van der Waals surface area contributed by atoms with Gasteiger partial charge in [-0.3, -0.25) is 10.2 Å². The van der Waals surface area contributed by atoms with Gasteiger partial charge in [0, 0.05) is 6.07 Å². The smallest absolute Gasteiger partial charge is 0.238 e. The number of hydrogen-bond acceptors (Lipinski definition) is 3. The summed E-state index contributed by atoms with van der Waals surface area (Å²) in [5.41, 5.74) is 2.24. The highest BCUT2D eigenvalue weighted by Crippen LogP contribution is 2.16. The van der Waals surface area contributed by atoms with Gasteiger partial charge in [-0.2, -0.15) is 0 Å². The van der Waals surface area contributed by atoms with E-state index in [2.05, 4.69) is 0 Å². The average Bonchev–Trinajstić information content (AvgIpc) is 2.22. The van der Waals surface area contributed by atoms with Gasteiger partial charge in [0.2, 0.25) is 5.91 Å². The van der Waals surface area contributed by atoms with Crippen molar-refractivity contribution in [1.29, 1.82) is 0 Å². The van der Waals surface area contributed by atoms with Crippen LogP contribution in [0.5, 0.6) is 5.75 Å². The topological polar surface area (TPSA) is 64.3 Å². The fourth-order valence-electron chi connectivity index (χ4n) is 1.15. The van der Waals surface area contributed by atoms with Gasteiger partial charge in [0.05, 0.1) is 13.0 Å². The minimum absolute atomic E-state index is 0.0747.